The van der Waals surface area contributed by atoms with Gasteiger partial charge in [0.1, 0.15) is 11.9 Å². The summed E-state index contributed by atoms with van der Waals surface area (Å²) >= 11 is 0. The number of fused-ring (bicyclic) bond motifs is 1. The molecule has 1 aliphatic carbocycles. The highest BCUT2D eigenvalue weighted by molar-refractivity contribution is 5.93. The third-order valence-corrected chi connectivity index (χ3v) is 8.30. The molecular weight excluding hydrogens is 522 g/mol. The highest BCUT2D eigenvalue weighted by Crippen LogP contribution is 2.31. The summed E-state index contributed by atoms with van der Waals surface area (Å²) in [5.74, 6) is -0.422. The molecule has 0 bridgehead atoms. The Morgan fingerprint density at radius 1 is 1.12 bits per heavy atom. The lowest BCUT2D eigenvalue weighted by Gasteiger charge is -2.34. The van der Waals surface area contributed by atoms with E-state index < -0.39 is 5.97 Å². The standard InChI is InChI=1S/C32H43N3O6/c1-21-17-35(22(2)20-36)30(37)16-26-15-27(33-31(38)24-7-5-4-6-8-24)13-14-28(26)41-29(21)19-34(3)18-23-9-11-25(12-10-23)32(39)40/h9-15,21-22,24,29,36H,4-8,16-20H2,1-3H3,(H,33,38)(H,39,40)/t21-,22-,29-/m1/s1. The number of rotatable bonds is 9. The Bertz CT molecular complexity index is 1210. The van der Waals surface area contributed by atoms with Gasteiger partial charge in [-0.25, -0.2) is 4.79 Å². The Hall–Kier alpha value is -3.43. The lowest BCUT2D eigenvalue weighted by Crippen LogP contribution is -2.47. The van der Waals surface area contributed by atoms with Crippen LogP contribution in [0.3, 0.4) is 0 Å². The quantitative estimate of drug-likeness (QED) is 0.417. The number of amides is 2. The normalized spacial score (nSPS) is 20.8. The molecule has 1 saturated carbocycles. The number of nitrogens with zero attached hydrogens (tertiary/aromatic N) is 2. The minimum atomic E-state index is -0.954. The highest BCUT2D eigenvalue weighted by atomic mass is 16.5. The maximum Gasteiger partial charge on any atom is 0.335 e. The Labute approximate surface area is 242 Å². The van der Waals surface area contributed by atoms with Crippen LogP contribution in [0, 0.1) is 11.8 Å². The second kappa shape index (κ2) is 14.0. The van der Waals surface area contributed by atoms with Crippen molar-refractivity contribution in [3.8, 4) is 5.75 Å². The van der Waals surface area contributed by atoms with Crippen LogP contribution >= 0.6 is 0 Å². The average Bonchev–Trinajstić information content (AvgIpc) is 3.00. The van der Waals surface area contributed by atoms with Crippen LogP contribution in [-0.2, 0) is 22.6 Å². The van der Waals surface area contributed by atoms with Gasteiger partial charge >= 0.3 is 5.97 Å². The first-order chi connectivity index (χ1) is 19.6. The molecule has 3 atom stereocenters. The van der Waals surface area contributed by atoms with Crippen LogP contribution < -0.4 is 10.1 Å². The first kappa shape index (κ1) is 30.5. The van der Waals surface area contributed by atoms with E-state index >= 15 is 0 Å². The minimum Gasteiger partial charge on any atom is -0.488 e. The molecule has 0 unspecified atom stereocenters. The molecule has 1 aliphatic heterocycles. The van der Waals surface area contributed by atoms with Crippen molar-refractivity contribution in [2.45, 2.75) is 71.1 Å². The van der Waals surface area contributed by atoms with E-state index in [2.05, 4.69) is 10.2 Å². The lowest BCUT2D eigenvalue weighted by molar-refractivity contribution is -0.134. The SMILES string of the molecule is C[C@@H]1CN([C@H](C)CO)C(=O)Cc2cc(NC(=O)C3CCCCC3)ccc2O[C@@H]1CN(C)Cc1ccc(C(=O)O)cc1. The summed E-state index contributed by atoms with van der Waals surface area (Å²) in [5, 5.41) is 22.1. The molecule has 222 valence electrons. The second-order valence-corrected chi connectivity index (χ2v) is 11.7. The van der Waals surface area contributed by atoms with Gasteiger partial charge < -0.3 is 25.2 Å². The zero-order valence-electron chi connectivity index (χ0n) is 24.3. The van der Waals surface area contributed by atoms with E-state index in [1.165, 1.54) is 6.42 Å². The Kier molecular flexibility index (Phi) is 10.4. The molecule has 1 fully saturated rings. The molecule has 2 aromatic rings. The number of ether oxygens (including phenoxy) is 1. The second-order valence-electron chi connectivity index (χ2n) is 11.7. The fraction of sp³-hybridized carbons (Fsp3) is 0.531. The van der Waals surface area contributed by atoms with Gasteiger partial charge in [0.2, 0.25) is 11.8 Å². The molecular formula is C32H43N3O6. The van der Waals surface area contributed by atoms with Crippen LogP contribution in [0.1, 0.15) is 67.4 Å². The maximum absolute atomic E-state index is 13.5. The molecule has 0 saturated heterocycles. The van der Waals surface area contributed by atoms with Crippen molar-refractivity contribution in [3.63, 3.8) is 0 Å². The average molecular weight is 566 g/mol. The zero-order chi connectivity index (χ0) is 29.5. The molecule has 0 spiro atoms. The predicted octanol–water partition coefficient (Wildman–Crippen LogP) is 4.18. The monoisotopic (exact) mass is 565 g/mol. The molecule has 2 aromatic carbocycles. The van der Waals surface area contributed by atoms with Gasteiger partial charge in [-0.15, -0.1) is 0 Å². The third kappa shape index (κ3) is 8.07. The fourth-order valence-corrected chi connectivity index (χ4v) is 5.77. The Morgan fingerprint density at radius 3 is 2.49 bits per heavy atom. The summed E-state index contributed by atoms with van der Waals surface area (Å²) in [7, 11) is 1.98. The predicted molar refractivity (Wildman–Crippen MR) is 157 cm³/mol. The van der Waals surface area contributed by atoms with Gasteiger partial charge in [-0.3, -0.25) is 14.5 Å². The van der Waals surface area contributed by atoms with E-state index in [0.29, 0.717) is 36.6 Å². The van der Waals surface area contributed by atoms with Gasteiger partial charge in [0.25, 0.3) is 0 Å². The fourth-order valence-electron chi connectivity index (χ4n) is 5.77. The van der Waals surface area contributed by atoms with E-state index in [4.69, 9.17) is 4.74 Å². The number of aromatic carboxylic acids is 1. The maximum atomic E-state index is 13.5. The van der Waals surface area contributed by atoms with E-state index in [-0.39, 0.29) is 54.4 Å². The van der Waals surface area contributed by atoms with Crippen molar-refractivity contribution in [1.82, 2.24) is 9.80 Å². The Balaban J connectivity index is 1.55. The highest BCUT2D eigenvalue weighted by Gasteiger charge is 2.31. The number of likely N-dealkylation sites (N-methyl/N-ethyl adjacent to an activating group) is 1. The smallest absolute Gasteiger partial charge is 0.335 e. The van der Waals surface area contributed by atoms with E-state index in [9.17, 15) is 24.6 Å². The number of carboxylic acids is 1. The number of aliphatic hydroxyl groups excluding tert-OH is 1. The van der Waals surface area contributed by atoms with Crippen molar-refractivity contribution in [2.75, 3.05) is 32.1 Å². The zero-order valence-corrected chi connectivity index (χ0v) is 24.3. The summed E-state index contributed by atoms with van der Waals surface area (Å²) in [5.41, 5.74) is 2.59. The summed E-state index contributed by atoms with van der Waals surface area (Å²) in [6.07, 6.45) is 4.98. The number of hydrogen-bond acceptors (Lipinski definition) is 6. The lowest BCUT2D eigenvalue weighted by atomic mass is 9.88. The van der Waals surface area contributed by atoms with Crippen molar-refractivity contribution >= 4 is 23.5 Å². The number of carboxylic acid groups (broad SMARTS) is 1. The van der Waals surface area contributed by atoms with Gasteiger partial charge in [0.05, 0.1) is 24.6 Å². The summed E-state index contributed by atoms with van der Waals surface area (Å²) in [6.45, 7) is 5.35. The van der Waals surface area contributed by atoms with Gasteiger partial charge in [0.15, 0.2) is 0 Å². The number of anilines is 1. The number of carbonyl (C=O) groups is 3. The molecule has 4 rings (SSSR count). The van der Waals surface area contributed by atoms with Crippen LogP contribution in [0.5, 0.6) is 5.75 Å². The van der Waals surface area contributed by atoms with Crippen LogP contribution in [0.2, 0.25) is 0 Å². The van der Waals surface area contributed by atoms with Crippen molar-refractivity contribution < 1.29 is 29.3 Å². The van der Waals surface area contributed by atoms with Gasteiger partial charge in [0, 0.05) is 42.7 Å². The topological polar surface area (TPSA) is 119 Å². The molecule has 3 N–H and O–H groups in total. The Morgan fingerprint density at radius 2 is 1.83 bits per heavy atom. The van der Waals surface area contributed by atoms with Crippen LogP contribution in [0.4, 0.5) is 5.69 Å². The molecule has 2 amide bonds. The van der Waals surface area contributed by atoms with E-state index in [1.807, 2.05) is 51.2 Å². The summed E-state index contributed by atoms with van der Waals surface area (Å²) in [4.78, 5) is 41.4. The van der Waals surface area contributed by atoms with Crippen molar-refractivity contribution in [3.05, 3.63) is 59.2 Å². The number of hydrogen-bond donors (Lipinski definition) is 3. The molecule has 1 heterocycles. The molecule has 2 aliphatic rings. The number of benzene rings is 2. The molecule has 9 nitrogen and oxygen atoms in total. The van der Waals surface area contributed by atoms with E-state index in [1.54, 1.807) is 17.0 Å². The van der Waals surface area contributed by atoms with Gasteiger partial charge in [-0.1, -0.05) is 38.3 Å². The van der Waals surface area contributed by atoms with Gasteiger partial charge in [-0.05, 0) is 62.7 Å². The summed E-state index contributed by atoms with van der Waals surface area (Å²) in [6, 6.07) is 12.0. The third-order valence-electron chi connectivity index (χ3n) is 8.30. The molecule has 0 aromatic heterocycles. The largest absolute Gasteiger partial charge is 0.488 e. The first-order valence-corrected chi connectivity index (χ1v) is 14.7. The van der Waals surface area contributed by atoms with Crippen LogP contribution in [0.25, 0.3) is 0 Å². The van der Waals surface area contributed by atoms with Crippen LogP contribution in [-0.4, -0.2) is 76.7 Å². The number of carbonyl (C=O) groups excluding carboxylic acids is 2. The first-order valence-electron chi connectivity index (χ1n) is 14.7. The molecule has 0 radical (unpaired) electrons. The molecule has 41 heavy (non-hydrogen) atoms. The van der Waals surface area contributed by atoms with E-state index in [0.717, 1.165) is 31.2 Å². The van der Waals surface area contributed by atoms with Gasteiger partial charge in [-0.2, -0.15) is 0 Å². The molecule has 9 heteroatoms. The summed E-state index contributed by atoms with van der Waals surface area (Å²) < 4.78 is 6.60. The minimum absolute atomic E-state index is 0.0221. The van der Waals surface area contributed by atoms with Crippen LogP contribution in [0.15, 0.2) is 42.5 Å². The number of aliphatic hydroxyl groups is 1. The van der Waals surface area contributed by atoms with Crippen molar-refractivity contribution in [1.29, 1.82) is 0 Å². The number of nitrogens with one attached hydrogen (secondary N) is 1. The van der Waals surface area contributed by atoms with Crippen molar-refractivity contribution in [2.24, 2.45) is 11.8 Å².